The summed E-state index contributed by atoms with van der Waals surface area (Å²) >= 11 is 0. The summed E-state index contributed by atoms with van der Waals surface area (Å²) in [5.41, 5.74) is 1.17. The SMILES string of the molecule is CCCCOCCCNCc1cccc(Oc2ncccn2)c1.Cl. The number of hydrogen-bond donors (Lipinski definition) is 1. The van der Waals surface area contributed by atoms with Gasteiger partial charge in [-0.3, -0.25) is 0 Å². The number of nitrogens with one attached hydrogen (secondary N) is 1. The molecule has 2 rings (SSSR count). The first-order valence-corrected chi connectivity index (χ1v) is 8.21. The molecular weight excluding hydrogens is 326 g/mol. The molecule has 0 saturated carbocycles. The fourth-order valence-electron chi connectivity index (χ4n) is 2.04. The second kappa shape index (κ2) is 12.7. The molecule has 0 aliphatic rings. The molecule has 0 aliphatic heterocycles. The van der Waals surface area contributed by atoms with E-state index in [1.165, 1.54) is 12.0 Å². The maximum absolute atomic E-state index is 5.63. The standard InChI is InChI=1S/C18H25N3O2.ClH/c1-2-3-12-22-13-6-9-19-15-16-7-4-8-17(14-16)23-18-20-10-5-11-21-18;/h4-5,7-8,10-11,14,19H,2-3,6,9,12-13,15H2,1H3;1H. The lowest BCUT2D eigenvalue weighted by atomic mass is 10.2. The first-order chi connectivity index (χ1) is 11.4. The van der Waals surface area contributed by atoms with Crippen molar-refractivity contribution in [2.45, 2.75) is 32.7 Å². The third-order valence-corrected chi connectivity index (χ3v) is 3.26. The van der Waals surface area contributed by atoms with E-state index >= 15 is 0 Å². The van der Waals surface area contributed by atoms with Crippen LogP contribution < -0.4 is 10.1 Å². The zero-order valence-electron chi connectivity index (χ0n) is 14.1. The largest absolute Gasteiger partial charge is 0.424 e. The van der Waals surface area contributed by atoms with Crippen molar-refractivity contribution in [3.63, 3.8) is 0 Å². The summed E-state index contributed by atoms with van der Waals surface area (Å²) in [6.45, 7) is 5.62. The van der Waals surface area contributed by atoms with Crippen LogP contribution in [0, 0.1) is 0 Å². The van der Waals surface area contributed by atoms with Gasteiger partial charge >= 0.3 is 6.01 Å². The van der Waals surface area contributed by atoms with Crippen molar-refractivity contribution in [1.29, 1.82) is 0 Å². The highest BCUT2D eigenvalue weighted by molar-refractivity contribution is 5.85. The maximum Gasteiger partial charge on any atom is 0.321 e. The summed E-state index contributed by atoms with van der Waals surface area (Å²) in [6.07, 6.45) is 6.68. The van der Waals surface area contributed by atoms with Crippen molar-refractivity contribution >= 4 is 12.4 Å². The molecule has 0 atom stereocenters. The number of aromatic nitrogens is 2. The third-order valence-electron chi connectivity index (χ3n) is 3.26. The minimum Gasteiger partial charge on any atom is -0.424 e. The van der Waals surface area contributed by atoms with E-state index in [1.807, 2.05) is 18.2 Å². The zero-order valence-corrected chi connectivity index (χ0v) is 14.9. The van der Waals surface area contributed by atoms with E-state index in [0.717, 1.165) is 44.9 Å². The summed E-state index contributed by atoms with van der Waals surface area (Å²) in [7, 11) is 0. The van der Waals surface area contributed by atoms with Crippen molar-refractivity contribution in [3.8, 4) is 11.8 Å². The number of hydrogen-bond acceptors (Lipinski definition) is 5. The van der Waals surface area contributed by atoms with Crippen LogP contribution in [-0.2, 0) is 11.3 Å². The van der Waals surface area contributed by atoms with Crippen LogP contribution in [0.15, 0.2) is 42.7 Å². The van der Waals surface area contributed by atoms with Crippen LogP contribution in [-0.4, -0.2) is 29.7 Å². The van der Waals surface area contributed by atoms with Crippen molar-refractivity contribution < 1.29 is 9.47 Å². The lowest BCUT2D eigenvalue weighted by molar-refractivity contribution is 0.129. The van der Waals surface area contributed by atoms with Gasteiger partial charge in [-0.2, -0.15) is 0 Å². The minimum atomic E-state index is 0. The Morgan fingerprint density at radius 2 is 1.83 bits per heavy atom. The third kappa shape index (κ3) is 8.24. The van der Waals surface area contributed by atoms with Crippen molar-refractivity contribution in [2.75, 3.05) is 19.8 Å². The van der Waals surface area contributed by atoms with Crippen molar-refractivity contribution in [2.24, 2.45) is 0 Å². The molecule has 132 valence electrons. The molecular formula is C18H26ClN3O2. The van der Waals surface area contributed by atoms with Crippen LogP contribution in [0.2, 0.25) is 0 Å². The fourth-order valence-corrected chi connectivity index (χ4v) is 2.04. The topological polar surface area (TPSA) is 56.3 Å². The Labute approximate surface area is 150 Å². The van der Waals surface area contributed by atoms with Gasteiger partial charge in [0.2, 0.25) is 0 Å². The molecule has 24 heavy (non-hydrogen) atoms. The predicted molar refractivity (Wildman–Crippen MR) is 97.8 cm³/mol. The summed E-state index contributed by atoms with van der Waals surface area (Å²) in [6, 6.07) is 10.1. The van der Waals surface area contributed by atoms with Crippen LogP contribution >= 0.6 is 12.4 Å². The van der Waals surface area contributed by atoms with Gasteiger partial charge in [0, 0.05) is 32.2 Å². The quantitative estimate of drug-likeness (QED) is 0.620. The molecule has 0 fully saturated rings. The van der Waals surface area contributed by atoms with E-state index in [-0.39, 0.29) is 12.4 Å². The molecule has 1 N–H and O–H groups in total. The van der Waals surface area contributed by atoms with Crippen LogP contribution in [0.25, 0.3) is 0 Å². The Morgan fingerprint density at radius 1 is 1.04 bits per heavy atom. The molecule has 6 heteroatoms. The first kappa shape index (κ1) is 20.4. The van der Waals surface area contributed by atoms with Gasteiger partial charge in [-0.1, -0.05) is 25.5 Å². The van der Waals surface area contributed by atoms with E-state index in [2.05, 4.69) is 28.3 Å². The molecule has 1 aromatic carbocycles. The van der Waals surface area contributed by atoms with Gasteiger partial charge in [0.1, 0.15) is 5.75 Å². The van der Waals surface area contributed by atoms with E-state index in [4.69, 9.17) is 9.47 Å². The molecule has 0 spiro atoms. The average Bonchev–Trinajstić information content (AvgIpc) is 2.58. The molecule has 0 saturated heterocycles. The molecule has 0 radical (unpaired) electrons. The van der Waals surface area contributed by atoms with Crippen LogP contribution in [0.1, 0.15) is 31.7 Å². The summed E-state index contributed by atoms with van der Waals surface area (Å²) in [4.78, 5) is 8.12. The average molecular weight is 352 g/mol. The van der Waals surface area contributed by atoms with Crippen LogP contribution in [0.4, 0.5) is 0 Å². The molecule has 0 bridgehead atoms. The minimum absolute atomic E-state index is 0. The second-order valence-electron chi connectivity index (χ2n) is 5.28. The Kier molecular flexibility index (Phi) is 10.8. The van der Waals surface area contributed by atoms with Crippen LogP contribution in [0.3, 0.4) is 0 Å². The number of halogens is 1. The summed E-state index contributed by atoms with van der Waals surface area (Å²) in [5.74, 6) is 0.749. The molecule has 0 aliphatic carbocycles. The van der Waals surface area contributed by atoms with Crippen molar-refractivity contribution in [3.05, 3.63) is 48.3 Å². The molecule has 2 aromatic rings. The first-order valence-electron chi connectivity index (χ1n) is 8.21. The number of benzene rings is 1. The molecule has 0 unspecified atom stereocenters. The lowest BCUT2D eigenvalue weighted by Gasteiger charge is -2.08. The zero-order chi connectivity index (χ0) is 16.2. The monoisotopic (exact) mass is 351 g/mol. The van der Waals surface area contributed by atoms with E-state index < -0.39 is 0 Å². The molecule has 0 amide bonds. The molecule has 5 nitrogen and oxygen atoms in total. The van der Waals surface area contributed by atoms with Gasteiger partial charge in [0.15, 0.2) is 0 Å². The van der Waals surface area contributed by atoms with Gasteiger partial charge in [0.05, 0.1) is 0 Å². The second-order valence-corrected chi connectivity index (χ2v) is 5.28. The molecule has 1 aromatic heterocycles. The fraction of sp³-hybridized carbons (Fsp3) is 0.444. The normalized spacial score (nSPS) is 10.2. The summed E-state index contributed by atoms with van der Waals surface area (Å²) < 4.78 is 11.2. The highest BCUT2D eigenvalue weighted by Gasteiger charge is 2.00. The smallest absolute Gasteiger partial charge is 0.321 e. The number of rotatable bonds is 11. The number of nitrogens with zero attached hydrogens (tertiary/aromatic N) is 2. The Bertz CT molecular complexity index is 555. The van der Waals surface area contributed by atoms with Gasteiger partial charge < -0.3 is 14.8 Å². The van der Waals surface area contributed by atoms with Gasteiger partial charge in [-0.25, -0.2) is 9.97 Å². The van der Waals surface area contributed by atoms with Gasteiger partial charge in [0.25, 0.3) is 0 Å². The predicted octanol–water partition coefficient (Wildman–Crippen LogP) is 3.99. The highest BCUT2D eigenvalue weighted by atomic mass is 35.5. The maximum atomic E-state index is 5.63. The highest BCUT2D eigenvalue weighted by Crippen LogP contribution is 2.18. The summed E-state index contributed by atoms with van der Waals surface area (Å²) in [5, 5.41) is 3.42. The van der Waals surface area contributed by atoms with Crippen LogP contribution in [0.5, 0.6) is 11.8 Å². The van der Waals surface area contributed by atoms with E-state index in [0.29, 0.717) is 6.01 Å². The van der Waals surface area contributed by atoms with Gasteiger partial charge in [-0.05, 0) is 43.1 Å². The van der Waals surface area contributed by atoms with Crippen molar-refractivity contribution in [1.82, 2.24) is 15.3 Å². The Morgan fingerprint density at radius 3 is 2.62 bits per heavy atom. The van der Waals surface area contributed by atoms with E-state index in [9.17, 15) is 0 Å². The Hall–Kier alpha value is -1.69. The van der Waals surface area contributed by atoms with E-state index in [1.54, 1.807) is 18.5 Å². The Balaban J connectivity index is 0.00000288. The van der Waals surface area contributed by atoms with Gasteiger partial charge in [-0.15, -0.1) is 12.4 Å². The number of unbranched alkanes of at least 4 members (excludes halogenated alkanes) is 1. The molecule has 1 heterocycles. The lowest BCUT2D eigenvalue weighted by Crippen LogP contribution is -2.16. The number of ether oxygens (including phenoxy) is 2.